The van der Waals surface area contributed by atoms with Crippen LogP contribution in [-0.4, -0.2) is 73.1 Å². The topological polar surface area (TPSA) is 154 Å². The van der Waals surface area contributed by atoms with E-state index in [0.717, 1.165) is 27.7 Å². The van der Waals surface area contributed by atoms with Crippen molar-refractivity contribution in [3.63, 3.8) is 0 Å². The fourth-order valence-electron chi connectivity index (χ4n) is 5.10. The molecule has 2 amide bonds. The van der Waals surface area contributed by atoms with Crippen LogP contribution in [0.2, 0.25) is 0 Å². The fraction of sp³-hybridized carbons (Fsp3) is 0.324. The molecule has 13 heteroatoms. The smallest absolute Gasteiger partial charge is 0.468 e. The monoisotopic (exact) mass is 745 g/mol. The van der Waals surface area contributed by atoms with Crippen LogP contribution in [0.5, 0.6) is 0 Å². The summed E-state index contributed by atoms with van der Waals surface area (Å²) in [5.74, 6) is -2.57. The molecular formula is C34H41BrN3O7PS. The van der Waals surface area contributed by atoms with Gasteiger partial charge in [-0.3, -0.25) is 4.79 Å². The number of nitrogens with one attached hydrogen (secondary N) is 2. The maximum atomic E-state index is 13.6. The number of methoxy groups -OCH3 is 1. The third-order valence-electron chi connectivity index (χ3n) is 7.58. The Bertz CT molecular complexity index is 1420. The molecule has 0 saturated carbocycles. The zero-order chi connectivity index (χ0) is 34.3. The fourth-order valence-corrected chi connectivity index (χ4v) is 13.4. The van der Waals surface area contributed by atoms with Gasteiger partial charge in [-0.15, -0.1) is 0 Å². The average Bonchev–Trinajstić information content (AvgIpc) is 3.11. The molecule has 0 aromatic heterocycles. The van der Waals surface area contributed by atoms with Gasteiger partial charge in [0.25, 0.3) is 0 Å². The van der Waals surface area contributed by atoms with Crippen LogP contribution in [0.15, 0.2) is 91.0 Å². The first-order valence-corrected chi connectivity index (χ1v) is 20.6. The van der Waals surface area contributed by atoms with Crippen molar-refractivity contribution in [3.8, 4) is 0 Å². The van der Waals surface area contributed by atoms with Crippen molar-refractivity contribution in [3.05, 3.63) is 91.0 Å². The van der Waals surface area contributed by atoms with Gasteiger partial charge in [0.15, 0.2) is 0 Å². The van der Waals surface area contributed by atoms with E-state index in [2.05, 4.69) is 67.3 Å². The van der Waals surface area contributed by atoms with Gasteiger partial charge in [-0.1, -0.05) is 0 Å². The first kappa shape index (κ1) is 37.9. The van der Waals surface area contributed by atoms with E-state index in [1.165, 1.54) is 7.11 Å². The van der Waals surface area contributed by atoms with Crippen molar-refractivity contribution in [2.45, 2.75) is 38.3 Å². The van der Waals surface area contributed by atoms with E-state index in [1.807, 2.05) is 54.6 Å². The summed E-state index contributed by atoms with van der Waals surface area (Å²) in [5, 5.41) is 4.77. The zero-order valence-corrected chi connectivity index (χ0v) is 29.7. The van der Waals surface area contributed by atoms with Crippen molar-refractivity contribution in [1.29, 1.82) is 0 Å². The minimum absolute atomic E-state index is 0.00141. The van der Waals surface area contributed by atoms with E-state index in [-0.39, 0.29) is 36.7 Å². The van der Waals surface area contributed by atoms with Crippen LogP contribution in [-0.2, 0) is 33.4 Å². The number of hydrogen-bond acceptors (Lipinski definition) is 9. The first-order valence-electron chi connectivity index (χ1n) is 15.1. The van der Waals surface area contributed by atoms with E-state index in [1.54, 1.807) is 6.92 Å². The number of nitrogens with two attached hydrogens (primary N) is 1. The van der Waals surface area contributed by atoms with Gasteiger partial charge >= 0.3 is 265 Å². The Hall–Kier alpha value is -3.57. The van der Waals surface area contributed by atoms with Gasteiger partial charge in [-0.25, -0.2) is 0 Å². The molecule has 0 aliphatic rings. The van der Waals surface area contributed by atoms with Gasteiger partial charge in [0.05, 0.1) is 7.11 Å². The van der Waals surface area contributed by atoms with Crippen molar-refractivity contribution >= 4 is 77.3 Å². The summed E-state index contributed by atoms with van der Waals surface area (Å²) in [6.45, 7) is 1.40. The Labute approximate surface area is 287 Å². The summed E-state index contributed by atoms with van der Waals surface area (Å²) in [7, 11) is 1.20. The van der Waals surface area contributed by atoms with E-state index in [0.29, 0.717) is 6.16 Å². The molecule has 0 bridgehead atoms. The van der Waals surface area contributed by atoms with Gasteiger partial charge < -0.3 is 4.74 Å². The Morgan fingerprint density at radius 1 is 0.851 bits per heavy atom. The number of halogens is 1. The van der Waals surface area contributed by atoms with Gasteiger partial charge in [-0.05, 0) is 6.92 Å². The van der Waals surface area contributed by atoms with Crippen molar-refractivity contribution in [2.24, 2.45) is 5.73 Å². The van der Waals surface area contributed by atoms with Crippen LogP contribution in [0.25, 0.3) is 0 Å². The van der Waals surface area contributed by atoms with Gasteiger partial charge in [0, 0.05) is 0 Å². The number of amides is 2. The van der Waals surface area contributed by atoms with E-state index < -0.39 is 47.7 Å². The van der Waals surface area contributed by atoms with Crippen LogP contribution in [0.4, 0.5) is 0 Å². The van der Waals surface area contributed by atoms with E-state index in [4.69, 9.17) is 10.5 Å². The molecule has 0 aliphatic heterocycles. The molecule has 47 heavy (non-hydrogen) atoms. The van der Waals surface area contributed by atoms with Crippen LogP contribution in [0.1, 0.15) is 26.2 Å². The summed E-state index contributed by atoms with van der Waals surface area (Å²) >= 11 is 5.26. The number of hydrogen-bond donors (Lipinski definition) is 3. The molecule has 2 atom stereocenters. The zero-order valence-electron chi connectivity index (χ0n) is 26.4. The quantitative estimate of drug-likeness (QED) is 0.140. The van der Waals surface area contributed by atoms with Crippen molar-refractivity contribution in [2.75, 3.05) is 32.2 Å². The molecule has 0 fully saturated rings. The Balaban J connectivity index is 1.82. The van der Waals surface area contributed by atoms with Crippen LogP contribution < -0.4 is 32.3 Å². The van der Waals surface area contributed by atoms with E-state index in [9.17, 15) is 24.0 Å². The third kappa shape index (κ3) is 9.96. The SMILES string of the molecule is CCOC(=O)CNC(=O)[C@H](CSC(=O)CCP(Br)(c1ccccc1)(c1ccccc1)c1ccccc1)NC(=O)CC[C@H](N)C(=O)OC. The van der Waals surface area contributed by atoms with Crippen LogP contribution >= 0.6 is 32.6 Å². The molecule has 3 aromatic rings. The Morgan fingerprint density at radius 2 is 1.36 bits per heavy atom. The molecule has 0 unspecified atom stereocenters. The normalized spacial score (nSPS) is 13.2. The predicted octanol–water partition coefficient (Wildman–Crippen LogP) is 2.92. The molecule has 10 nitrogen and oxygen atoms in total. The average molecular weight is 747 g/mol. The second kappa shape index (κ2) is 18.1. The van der Waals surface area contributed by atoms with Crippen molar-refractivity contribution < 1.29 is 33.4 Å². The number of carbonyl (C=O) groups excluding carboxylic acids is 5. The molecule has 0 heterocycles. The summed E-state index contributed by atoms with van der Waals surface area (Å²) in [6.07, 6.45) is 0.469. The Morgan fingerprint density at radius 3 is 1.83 bits per heavy atom. The Kier molecular flexibility index (Phi) is 14.6. The first-order chi connectivity index (χ1) is 22.5. The standard InChI is InChI=1S/C34H41BrN3O7PS/c1-3-45-31(40)23-37-33(42)29(38-30(39)20-19-28(36)34(43)44-2)24-47-32(41)21-22-46(35,25-13-7-4-8-14-25,26-15-9-5-10-16-26)27-17-11-6-12-18-27/h4-18,28-29H,3,19-24,36H2,1-2H3,(H,37,42)(H,38,39)/t28-,29-/m0/s1. The molecule has 252 valence electrons. The number of carbonyl (C=O) groups is 5. The number of esters is 2. The minimum atomic E-state index is -3.35. The molecular weight excluding hydrogens is 705 g/mol. The molecule has 4 N–H and O–H groups in total. The summed E-state index contributed by atoms with van der Waals surface area (Å²) in [5.41, 5.74) is 5.74. The summed E-state index contributed by atoms with van der Waals surface area (Å²) in [4.78, 5) is 62.9. The van der Waals surface area contributed by atoms with E-state index >= 15 is 0 Å². The maximum absolute atomic E-state index is 13.6. The van der Waals surface area contributed by atoms with Crippen molar-refractivity contribution in [1.82, 2.24) is 10.6 Å². The van der Waals surface area contributed by atoms with Gasteiger partial charge in [0.2, 0.25) is 0 Å². The molecule has 0 saturated heterocycles. The van der Waals surface area contributed by atoms with Gasteiger partial charge in [-0.2, -0.15) is 0 Å². The third-order valence-corrected chi connectivity index (χ3v) is 18.5. The second-order valence-electron chi connectivity index (χ2n) is 10.7. The van der Waals surface area contributed by atoms with Crippen LogP contribution in [0, 0.1) is 0 Å². The molecule has 3 aromatic carbocycles. The summed E-state index contributed by atoms with van der Waals surface area (Å²) in [6, 6.07) is 28.1. The summed E-state index contributed by atoms with van der Waals surface area (Å²) < 4.78 is 9.47. The van der Waals surface area contributed by atoms with Gasteiger partial charge in [0.1, 0.15) is 0 Å². The molecule has 0 spiro atoms. The second-order valence-corrected chi connectivity index (χ2v) is 20.8. The number of thioether (sulfide) groups is 1. The number of ether oxygens (including phenoxy) is 2. The van der Waals surface area contributed by atoms with Crippen LogP contribution in [0.3, 0.4) is 0 Å². The minimum Gasteiger partial charge on any atom is -0.468 e. The molecule has 3 rings (SSSR count). The molecule has 0 radical (unpaired) electrons. The predicted molar refractivity (Wildman–Crippen MR) is 192 cm³/mol. The number of rotatable bonds is 17. The number of benzene rings is 3. The molecule has 0 aliphatic carbocycles.